The first-order chi connectivity index (χ1) is 6.99. The highest BCUT2D eigenvalue weighted by Gasteiger charge is 2.29. The molecule has 0 bridgehead atoms. The van der Waals surface area contributed by atoms with Crippen LogP contribution >= 0.6 is 0 Å². The summed E-state index contributed by atoms with van der Waals surface area (Å²) in [7, 11) is 0. The average Bonchev–Trinajstić information content (AvgIpc) is 2.19. The zero-order valence-corrected chi connectivity index (χ0v) is 7.55. The number of halogens is 3. The van der Waals surface area contributed by atoms with Gasteiger partial charge >= 0.3 is 6.18 Å². The third-order valence-corrected chi connectivity index (χ3v) is 1.78. The number of hydrogen-bond acceptors (Lipinski definition) is 3. The fourth-order valence-corrected chi connectivity index (χ4v) is 1.03. The first kappa shape index (κ1) is 11.2. The van der Waals surface area contributed by atoms with Gasteiger partial charge in [0.15, 0.2) is 0 Å². The van der Waals surface area contributed by atoms with E-state index in [9.17, 15) is 13.2 Å². The van der Waals surface area contributed by atoms with Crippen molar-refractivity contribution in [2.75, 3.05) is 0 Å². The number of nitrogens with two attached hydrogens (primary N) is 1. The van der Waals surface area contributed by atoms with Crippen molar-refractivity contribution in [3.05, 3.63) is 35.4 Å². The van der Waals surface area contributed by atoms with Gasteiger partial charge in [0.25, 0.3) is 0 Å². The maximum absolute atomic E-state index is 12.2. The fourth-order valence-electron chi connectivity index (χ4n) is 1.03. The summed E-state index contributed by atoms with van der Waals surface area (Å²) in [6.45, 7) is 0. The monoisotopic (exact) mass is 215 g/mol. The van der Waals surface area contributed by atoms with Crippen LogP contribution in [0.15, 0.2) is 29.4 Å². The van der Waals surface area contributed by atoms with Gasteiger partial charge in [-0.3, -0.25) is 0 Å². The second kappa shape index (κ2) is 4.12. The van der Waals surface area contributed by atoms with E-state index in [2.05, 4.69) is 5.10 Å². The Kier molecular flexibility index (Phi) is 3.08. The predicted octanol–water partition coefficient (Wildman–Crippen LogP) is 2.02. The predicted molar refractivity (Wildman–Crippen MR) is 51.0 cm³/mol. The van der Waals surface area contributed by atoms with Gasteiger partial charge in [0, 0.05) is 11.8 Å². The van der Waals surface area contributed by atoms with Crippen LogP contribution in [-0.2, 0) is 6.18 Å². The van der Waals surface area contributed by atoms with E-state index in [0.29, 0.717) is 5.56 Å². The Hall–Kier alpha value is -1.85. The first-order valence-corrected chi connectivity index (χ1v) is 3.95. The molecule has 15 heavy (non-hydrogen) atoms. The standard InChI is InChI=1S/C9H8F3N3/c10-9(11,12)7-3-1-6(2-4-7)8(5-13)15-14/h1-5,13H,14H2/b13-5?,15-8+. The van der Waals surface area contributed by atoms with Crippen LogP contribution in [0, 0.1) is 5.41 Å². The van der Waals surface area contributed by atoms with E-state index in [0.717, 1.165) is 18.3 Å². The quantitative estimate of drug-likeness (QED) is 0.442. The molecule has 3 N–H and O–H groups in total. The molecule has 1 aromatic carbocycles. The van der Waals surface area contributed by atoms with Gasteiger partial charge in [-0.15, -0.1) is 0 Å². The summed E-state index contributed by atoms with van der Waals surface area (Å²) >= 11 is 0. The molecule has 0 amide bonds. The van der Waals surface area contributed by atoms with Gasteiger partial charge in [0.2, 0.25) is 0 Å². The van der Waals surface area contributed by atoms with Crippen molar-refractivity contribution in [3.8, 4) is 0 Å². The van der Waals surface area contributed by atoms with Crippen molar-refractivity contribution in [2.24, 2.45) is 10.9 Å². The third-order valence-electron chi connectivity index (χ3n) is 1.78. The normalized spacial score (nSPS) is 12.6. The van der Waals surface area contributed by atoms with Gasteiger partial charge < -0.3 is 11.3 Å². The van der Waals surface area contributed by atoms with Crippen LogP contribution in [-0.4, -0.2) is 11.9 Å². The number of rotatable bonds is 2. The number of nitrogens with one attached hydrogen (secondary N) is 1. The minimum atomic E-state index is -4.36. The summed E-state index contributed by atoms with van der Waals surface area (Å²) in [5.74, 6) is 4.95. The Morgan fingerprint density at radius 2 is 1.80 bits per heavy atom. The van der Waals surface area contributed by atoms with Gasteiger partial charge in [-0.25, -0.2) is 0 Å². The Balaban J connectivity index is 3.05. The van der Waals surface area contributed by atoms with Crippen LogP contribution in [0.2, 0.25) is 0 Å². The highest BCUT2D eigenvalue weighted by Crippen LogP contribution is 2.29. The van der Waals surface area contributed by atoms with Gasteiger partial charge in [0.05, 0.1) is 5.56 Å². The molecule has 0 aromatic heterocycles. The molecule has 1 rings (SSSR count). The van der Waals surface area contributed by atoms with Crippen LogP contribution in [0.1, 0.15) is 11.1 Å². The molecule has 3 nitrogen and oxygen atoms in total. The topological polar surface area (TPSA) is 62.2 Å². The van der Waals surface area contributed by atoms with E-state index < -0.39 is 11.7 Å². The van der Waals surface area contributed by atoms with Crippen LogP contribution in [0.5, 0.6) is 0 Å². The maximum Gasteiger partial charge on any atom is 0.416 e. The minimum absolute atomic E-state index is 0.128. The molecule has 6 heteroatoms. The smallest absolute Gasteiger partial charge is 0.323 e. The lowest BCUT2D eigenvalue weighted by Crippen LogP contribution is -2.08. The molecule has 0 aliphatic carbocycles. The van der Waals surface area contributed by atoms with E-state index in [1.807, 2.05) is 0 Å². The van der Waals surface area contributed by atoms with Crippen LogP contribution < -0.4 is 5.84 Å². The van der Waals surface area contributed by atoms with E-state index in [1.54, 1.807) is 0 Å². The molecule has 0 aliphatic heterocycles. The molecule has 0 fully saturated rings. The number of hydrazone groups is 1. The first-order valence-electron chi connectivity index (χ1n) is 3.95. The van der Waals surface area contributed by atoms with Gasteiger partial charge in [-0.2, -0.15) is 18.3 Å². The van der Waals surface area contributed by atoms with Crippen LogP contribution in [0.4, 0.5) is 13.2 Å². The lowest BCUT2D eigenvalue weighted by molar-refractivity contribution is -0.137. The molecule has 0 heterocycles. The summed E-state index contributed by atoms with van der Waals surface area (Å²) < 4.78 is 36.6. The Bertz CT molecular complexity index is 379. The van der Waals surface area contributed by atoms with Gasteiger partial charge in [-0.1, -0.05) is 12.1 Å². The van der Waals surface area contributed by atoms with Crippen LogP contribution in [0.3, 0.4) is 0 Å². The fraction of sp³-hybridized carbons (Fsp3) is 0.111. The third kappa shape index (κ3) is 2.55. The number of alkyl halides is 3. The summed E-state index contributed by atoms with van der Waals surface area (Å²) in [5, 5.41) is 10.2. The van der Waals surface area contributed by atoms with Crippen molar-refractivity contribution in [3.63, 3.8) is 0 Å². The molecular weight excluding hydrogens is 207 g/mol. The van der Waals surface area contributed by atoms with Crippen molar-refractivity contribution in [1.82, 2.24) is 0 Å². The summed E-state index contributed by atoms with van der Waals surface area (Å²) in [4.78, 5) is 0. The molecule has 0 saturated heterocycles. The van der Waals surface area contributed by atoms with Crippen molar-refractivity contribution in [2.45, 2.75) is 6.18 Å². The SMILES string of the molecule is N=C/C(=N\N)c1ccc(C(F)(F)F)cc1. The molecule has 0 saturated carbocycles. The van der Waals surface area contributed by atoms with Gasteiger partial charge in [-0.05, 0) is 12.1 Å². The molecule has 0 atom stereocenters. The summed E-state index contributed by atoms with van der Waals surface area (Å²) in [5.41, 5.74) is -0.239. The average molecular weight is 215 g/mol. The Morgan fingerprint density at radius 1 is 1.27 bits per heavy atom. The number of benzene rings is 1. The molecule has 0 radical (unpaired) electrons. The second-order valence-electron chi connectivity index (χ2n) is 2.73. The second-order valence-corrected chi connectivity index (χ2v) is 2.73. The lowest BCUT2D eigenvalue weighted by atomic mass is 10.1. The minimum Gasteiger partial charge on any atom is -0.323 e. The Labute approximate surface area is 83.9 Å². The zero-order chi connectivity index (χ0) is 11.5. The molecule has 80 valence electrons. The summed E-state index contributed by atoms with van der Waals surface area (Å²) in [6, 6.07) is 4.28. The highest BCUT2D eigenvalue weighted by atomic mass is 19.4. The largest absolute Gasteiger partial charge is 0.416 e. The van der Waals surface area contributed by atoms with E-state index in [4.69, 9.17) is 11.3 Å². The molecule has 0 spiro atoms. The maximum atomic E-state index is 12.2. The molecular formula is C9H8F3N3. The molecule has 1 aromatic rings. The Morgan fingerprint density at radius 3 is 2.13 bits per heavy atom. The zero-order valence-electron chi connectivity index (χ0n) is 7.55. The van der Waals surface area contributed by atoms with Crippen molar-refractivity contribution >= 4 is 11.9 Å². The van der Waals surface area contributed by atoms with E-state index >= 15 is 0 Å². The van der Waals surface area contributed by atoms with Crippen molar-refractivity contribution < 1.29 is 13.2 Å². The number of hydrogen-bond donors (Lipinski definition) is 2. The lowest BCUT2D eigenvalue weighted by Gasteiger charge is -2.06. The summed E-state index contributed by atoms with van der Waals surface area (Å²) in [6.07, 6.45) is -3.48. The molecule has 0 aliphatic rings. The van der Waals surface area contributed by atoms with Gasteiger partial charge in [0.1, 0.15) is 5.71 Å². The van der Waals surface area contributed by atoms with E-state index in [1.165, 1.54) is 12.1 Å². The van der Waals surface area contributed by atoms with E-state index in [-0.39, 0.29) is 5.71 Å². The van der Waals surface area contributed by atoms with Crippen LogP contribution in [0.25, 0.3) is 0 Å². The number of nitrogens with zero attached hydrogens (tertiary/aromatic N) is 1. The highest BCUT2D eigenvalue weighted by molar-refractivity contribution is 6.37. The van der Waals surface area contributed by atoms with Crippen molar-refractivity contribution in [1.29, 1.82) is 5.41 Å². The molecule has 0 unspecified atom stereocenters.